The third-order valence-electron chi connectivity index (χ3n) is 4.92. The molecule has 0 aliphatic carbocycles. The van der Waals surface area contributed by atoms with E-state index in [2.05, 4.69) is 28.9 Å². The van der Waals surface area contributed by atoms with Crippen molar-refractivity contribution in [3.63, 3.8) is 0 Å². The van der Waals surface area contributed by atoms with Gasteiger partial charge in [-0.2, -0.15) is 5.10 Å². The molecule has 0 spiro atoms. The Bertz CT molecular complexity index is 817. The molecule has 0 aromatic carbocycles. The van der Waals surface area contributed by atoms with Gasteiger partial charge in [0.25, 0.3) is 0 Å². The van der Waals surface area contributed by atoms with Crippen LogP contribution in [0.1, 0.15) is 47.1 Å². The number of hydrogen-bond donors (Lipinski definition) is 0. The van der Waals surface area contributed by atoms with Gasteiger partial charge in [-0.25, -0.2) is 4.39 Å². The van der Waals surface area contributed by atoms with E-state index in [-0.39, 0.29) is 0 Å². The van der Waals surface area contributed by atoms with Gasteiger partial charge in [-0.05, 0) is 39.7 Å². The topological polar surface area (TPSA) is 62.1 Å². The Kier molecular flexibility index (Phi) is 5.23. The van der Waals surface area contributed by atoms with E-state index in [1.165, 1.54) is 6.08 Å². The zero-order valence-electron chi connectivity index (χ0n) is 16.7. The first-order valence-corrected chi connectivity index (χ1v) is 9.15. The van der Waals surface area contributed by atoms with E-state index >= 15 is 0 Å². The molecule has 0 bridgehead atoms. The average Bonchev–Trinajstić information content (AvgIpc) is 3.05. The molecule has 3 rings (SSSR count). The van der Waals surface area contributed by atoms with E-state index in [4.69, 9.17) is 9.31 Å². The van der Waals surface area contributed by atoms with Crippen molar-refractivity contribution in [3.8, 4) is 11.4 Å². The zero-order chi connectivity index (χ0) is 19.8. The van der Waals surface area contributed by atoms with Crippen molar-refractivity contribution in [1.29, 1.82) is 0 Å². The fourth-order valence-electron chi connectivity index (χ4n) is 2.80. The number of rotatable bonds is 5. The van der Waals surface area contributed by atoms with Crippen molar-refractivity contribution in [1.82, 2.24) is 19.7 Å². The van der Waals surface area contributed by atoms with Crippen LogP contribution in [-0.4, -0.2) is 38.1 Å². The van der Waals surface area contributed by atoms with E-state index < -0.39 is 24.0 Å². The van der Waals surface area contributed by atoms with Crippen LogP contribution in [0.25, 0.3) is 17.5 Å². The molecule has 1 aliphatic heterocycles. The van der Waals surface area contributed by atoms with E-state index in [0.29, 0.717) is 22.9 Å². The highest BCUT2D eigenvalue weighted by atomic mass is 19.1. The molecule has 3 heterocycles. The van der Waals surface area contributed by atoms with Gasteiger partial charge in [0.15, 0.2) is 0 Å². The van der Waals surface area contributed by atoms with Gasteiger partial charge in [-0.3, -0.25) is 14.6 Å². The number of halogens is 1. The van der Waals surface area contributed by atoms with Gasteiger partial charge in [0.2, 0.25) is 0 Å². The molecule has 0 unspecified atom stereocenters. The van der Waals surface area contributed by atoms with E-state index in [1.54, 1.807) is 23.3 Å². The highest BCUT2D eigenvalue weighted by Crippen LogP contribution is 2.39. The summed E-state index contributed by atoms with van der Waals surface area (Å²) >= 11 is 0. The molecule has 1 saturated heterocycles. The SMILES string of the molecule is CC(C)Cn1cc(C=C(F)B2OC(C)(C)C(C)(C)O2)c(-c2cnccn2)n1. The molecule has 1 fully saturated rings. The second-order valence-corrected chi connectivity index (χ2v) is 8.26. The van der Waals surface area contributed by atoms with Gasteiger partial charge in [-0.1, -0.05) is 13.8 Å². The van der Waals surface area contributed by atoms with Crippen LogP contribution in [0, 0.1) is 5.92 Å². The van der Waals surface area contributed by atoms with Crippen LogP contribution in [0.5, 0.6) is 0 Å². The first-order valence-electron chi connectivity index (χ1n) is 9.15. The predicted molar refractivity (Wildman–Crippen MR) is 103 cm³/mol. The fraction of sp³-hybridized carbons (Fsp3) is 0.526. The Morgan fingerprint density at radius 3 is 2.44 bits per heavy atom. The molecule has 2 aromatic heterocycles. The molecule has 1 aliphatic rings. The lowest BCUT2D eigenvalue weighted by Crippen LogP contribution is -2.41. The Morgan fingerprint density at radius 1 is 1.22 bits per heavy atom. The lowest BCUT2D eigenvalue weighted by Gasteiger charge is -2.32. The van der Waals surface area contributed by atoms with Gasteiger partial charge in [0.05, 0.1) is 17.4 Å². The van der Waals surface area contributed by atoms with Crippen molar-refractivity contribution in [2.75, 3.05) is 0 Å². The quantitative estimate of drug-likeness (QED) is 0.744. The molecule has 0 N–H and O–H groups in total. The third kappa shape index (κ3) is 4.11. The summed E-state index contributed by atoms with van der Waals surface area (Å²) in [5, 5.41) is 4.58. The van der Waals surface area contributed by atoms with Crippen LogP contribution >= 0.6 is 0 Å². The zero-order valence-corrected chi connectivity index (χ0v) is 16.7. The highest BCUT2D eigenvalue weighted by molar-refractivity contribution is 6.54. The monoisotopic (exact) mass is 372 g/mol. The van der Waals surface area contributed by atoms with Crippen molar-refractivity contribution in [2.45, 2.75) is 59.3 Å². The second kappa shape index (κ2) is 7.17. The summed E-state index contributed by atoms with van der Waals surface area (Å²) < 4.78 is 28.4. The number of nitrogens with zero attached hydrogens (tertiary/aromatic N) is 4. The molecule has 144 valence electrons. The maximum absolute atomic E-state index is 15.0. The van der Waals surface area contributed by atoms with Crippen LogP contribution in [0.2, 0.25) is 0 Å². The van der Waals surface area contributed by atoms with Crippen LogP contribution in [0.15, 0.2) is 30.5 Å². The maximum atomic E-state index is 15.0. The van der Waals surface area contributed by atoms with Crippen LogP contribution in [0.4, 0.5) is 4.39 Å². The molecular weight excluding hydrogens is 346 g/mol. The maximum Gasteiger partial charge on any atom is 0.525 e. The lowest BCUT2D eigenvalue weighted by atomic mass is 9.87. The van der Waals surface area contributed by atoms with Gasteiger partial charge in [0, 0.05) is 30.7 Å². The first-order chi connectivity index (χ1) is 12.6. The van der Waals surface area contributed by atoms with E-state index in [0.717, 1.165) is 6.54 Å². The average molecular weight is 372 g/mol. The molecule has 8 heteroatoms. The molecule has 0 amide bonds. The summed E-state index contributed by atoms with van der Waals surface area (Å²) in [5.41, 5.74) is 0.0891. The van der Waals surface area contributed by atoms with Crippen molar-refractivity contribution >= 4 is 13.2 Å². The summed E-state index contributed by atoms with van der Waals surface area (Å²) in [6.45, 7) is 12.5. The summed E-state index contributed by atoms with van der Waals surface area (Å²) in [4.78, 5) is 8.39. The second-order valence-electron chi connectivity index (χ2n) is 8.26. The Morgan fingerprint density at radius 2 is 1.89 bits per heavy atom. The Balaban J connectivity index is 1.96. The lowest BCUT2D eigenvalue weighted by molar-refractivity contribution is 0.00578. The van der Waals surface area contributed by atoms with Crippen LogP contribution in [-0.2, 0) is 15.9 Å². The summed E-state index contributed by atoms with van der Waals surface area (Å²) in [6.07, 6.45) is 8.03. The summed E-state index contributed by atoms with van der Waals surface area (Å²) in [6, 6.07) is 0. The molecule has 0 saturated carbocycles. The normalized spacial score (nSPS) is 19.1. The van der Waals surface area contributed by atoms with Crippen molar-refractivity contribution < 1.29 is 13.7 Å². The van der Waals surface area contributed by atoms with Crippen molar-refractivity contribution in [3.05, 3.63) is 36.1 Å². The number of aromatic nitrogens is 4. The Hall–Kier alpha value is -2.06. The summed E-state index contributed by atoms with van der Waals surface area (Å²) in [7, 11) is -1.04. The molecule has 6 nitrogen and oxygen atoms in total. The van der Waals surface area contributed by atoms with Gasteiger partial charge < -0.3 is 9.31 Å². The van der Waals surface area contributed by atoms with Crippen molar-refractivity contribution in [2.24, 2.45) is 5.92 Å². The molecular formula is C19H26BFN4O2. The van der Waals surface area contributed by atoms with Gasteiger partial charge in [-0.15, -0.1) is 0 Å². The van der Waals surface area contributed by atoms with Crippen LogP contribution in [0.3, 0.4) is 0 Å². The largest absolute Gasteiger partial charge is 0.525 e. The Labute approximate surface area is 160 Å². The third-order valence-corrected chi connectivity index (χ3v) is 4.92. The summed E-state index contributed by atoms with van der Waals surface area (Å²) in [5.74, 6) is 0.407. The minimum atomic E-state index is -1.04. The van der Waals surface area contributed by atoms with Gasteiger partial charge >= 0.3 is 7.12 Å². The minimum Gasteiger partial charge on any atom is -0.398 e. The standard InChI is InChI=1S/C19H26BFN4O2/c1-13(2)11-25-12-14(17(24-25)15-10-22-7-8-23-15)9-16(21)20-26-18(3,4)19(5,6)27-20/h7-10,12-13H,11H2,1-6H3. The molecule has 27 heavy (non-hydrogen) atoms. The minimum absolute atomic E-state index is 0.407. The fourth-order valence-corrected chi connectivity index (χ4v) is 2.80. The first kappa shape index (κ1) is 19.7. The smallest absolute Gasteiger partial charge is 0.398 e. The molecule has 2 aromatic rings. The molecule has 0 atom stereocenters. The van der Waals surface area contributed by atoms with E-state index in [9.17, 15) is 4.39 Å². The van der Waals surface area contributed by atoms with Gasteiger partial charge in [0.1, 0.15) is 17.1 Å². The van der Waals surface area contributed by atoms with Crippen LogP contribution < -0.4 is 0 Å². The number of hydrogen-bond acceptors (Lipinski definition) is 5. The highest BCUT2D eigenvalue weighted by Gasteiger charge is 2.53. The van der Waals surface area contributed by atoms with E-state index in [1.807, 2.05) is 33.9 Å². The predicted octanol–water partition coefficient (Wildman–Crippen LogP) is 3.94. The molecule has 0 radical (unpaired) electrons.